The molecule has 2 aliphatic carbocycles. The van der Waals surface area contributed by atoms with Gasteiger partial charge in [-0.05, 0) is 50.7 Å². The standard InChI is InChI=1S/C21H29ClN4O5S/c22-18-5-4-17(14-24-18)32(29,30)31-21(20(23)28)8-6-15(7-9-21)19(27)26-12-10-25(11-13-26)16-2-1-3-16/h4-5,14-16H,1-3,6-13H2,(H2,23,28). The van der Waals surface area contributed by atoms with E-state index in [1.807, 2.05) is 4.90 Å². The Morgan fingerprint density at radius 1 is 1.09 bits per heavy atom. The Hall–Kier alpha value is -1.75. The second-order valence-electron chi connectivity index (χ2n) is 8.93. The Kier molecular flexibility index (Phi) is 6.76. The lowest BCUT2D eigenvalue weighted by molar-refractivity contribution is -0.145. The summed E-state index contributed by atoms with van der Waals surface area (Å²) in [6, 6.07) is 3.26. The van der Waals surface area contributed by atoms with Gasteiger partial charge >= 0.3 is 0 Å². The van der Waals surface area contributed by atoms with Crippen LogP contribution in [0.15, 0.2) is 23.2 Å². The van der Waals surface area contributed by atoms with E-state index in [4.69, 9.17) is 21.5 Å². The van der Waals surface area contributed by atoms with Gasteiger partial charge in [0.1, 0.15) is 10.0 Å². The minimum absolute atomic E-state index is 0.0705. The first-order chi connectivity index (χ1) is 15.2. The molecular formula is C21H29ClN4O5S. The van der Waals surface area contributed by atoms with E-state index in [1.54, 1.807) is 0 Å². The van der Waals surface area contributed by atoms with Crippen molar-refractivity contribution in [3.63, 3.8) is 0 Å². The monoisotopic (exact) mass is 484 g/mol. The molecule has 3 aliphatic rings. The summed E-state index contributed by atoms with van der Waals surface area (Å²) in [6.07, 6.45) is 5.70. The number of aromatic nitrogens is 1. The van der Waals surface area contributed by atoms with Gasteiger partial charge in [0.25, 0.3) is 16.0 Å². The summed E-state index contributed by atoms with van der Waals surface area (Å²) in [7, 11) is -4.27. The molecule has 3 fully saturated rings. The summed E-state index contributed by atoms with van der Waals surface area (Å²) in [5.74, 6) is -1.04. The highest BCUT2D eigenvalue weighted by atomic mass is 35.5. The van der Waals surface area contributed by atoms with Crippen LogP contribution in [-0.4, -0.2) is 72.8 Å². The summed E-state index contributed by atoms with van der Waals surface area (Å²) < 4.78 is 30.8. The number of nitrogens with two attached hydrogens (primary N) is 1. The van der Waals surface area contributed by atoms with Crippen molar-refractivity contribution in [2.75, 3.05) is 26.2 Å². The van der Waals surface area contributed by atoms with Crippen LogP contribution >= 0.6 is 11.6 Å². The molecule has 0 spiro atoms. The molecule has 0 unspecified atom stereocenters. The van der Waals surface area contributed by atoms with Gasteiger partial charge in [0, 0.05) is 44.3 Å². The quantitative estimate of drug-likeness (QED) is 0.480. The number of amides is 2. The maximum absolute atomic E-state index is 13.0. The third-order valence-corrected chi connectivity index (χ3v) is 8.65. The first-order valence-corrected chi connectivity index (χ1v) is 12.9. The largest absolute Gasteiger partial charge is 0.367 e. The number of piperazine rings is 1. The fourth-order valence-electron chi connectivity index (χ4n) is 4.79. The van der Waals surface area contributed by atoms with E-state index in [0.29, 0.717) is 32.0 Å². The van der Waals surface area contributed by atoms with Crippen molar-refractivity contribution < 1.29 is 22.2 Å². The van der Waals surface area contributed by atoms with Gasteiger partial charge in [-0.2, -0.15) is 8.42 Å². The normalized spacial score (nSPS) is 27.7. The van der Waals surface area contributed by atoms with E-state index < -0.39 is 21.6 Å². The number of rotatable bonds is 6. The average Bonchev–Trinajstić information content (AvgIpc) is 2.73. The van der Waals surface area contributed by atoms with Crippen LogP contribution in [0.3, 0.4) is 0 Å². The molecule has 0 bridgehead atoms. The van der Waals surface area contributed by atoms with Crippen LogP contribution in [0.1, 0.15) is 44.9 Å². The Morgan fingerprint density at radius 2 is 1.75 bits per heavy atom. The number of hydrogen-bond acceptors (Lipinski definition) is 7. The number of halogens is 1. The van der Waals surface area contributed by atoms with Gasteiger partial charge in [-0.3, -0.25) is 14.5 Å². The molecule has 1 aromatic rings. The molecule has 1 aromatic heterocycles. The zero-order valence-corrected chi connectivity index (χ0v) is 19.5. The predicted molar refractivity (Wildman–Crippen MR) is 117 cm³/mol. The Bertz CT molecular complexity index is 951. The molecule has 1 saturated heterocycles. The van der Waals surface area contributed by atoms with Crippen molar-refractivity contribution in [2.24, 2.45) is 11.7 Å². The third-order valence-electron chi connectivity index (χ3n) is 7.07. The molecule has 2 heterocycles. The van der Waals surface area contributed by atoms with Crippen molar-refractivity contribution in [1.82, 2.24) is 14.8 Å². The molecule has 4 rings (SSSR count). The van der Waals surface area contributed by atoms with Crippen molar-refractivity contribution in [2.45, 2.75) is 61.5 Å². The maximum Gasteiger partial charge on any atom is 0.299 e. The molecule has 2 saturated carbocycles. The minimum atomic E-state index is -4.27. The highest BCUT2D eigenvalue weighted by molar-refractivity contribution is 7.86. The summed E-state index contributed by atoms with van der Waals surface area (Å²) in [5.41, 5.74) is 3.90. The zero-order chi connectivity index (χ0) is 22.9. The number of carbonyl (C=O) groups is 2. The van der Waals surface area contributed by atoms with Crippen molar-refractivity contribution in [1.29, 1.82) is 0 Å². The minimum Gasteiger partial charge on any atom is -0.367 e. The van der Waals surface area contributed by atoms with Gasteiger partial charge in [0.2, 0.25) is 5.91 Å². The maximum atomic E-state index is 13.0. The molecule has 0 radical (unpaired) electrons. The second-order valence-corrected chi connectivity index (χ2v) is 10.9. The van der Waals surface area contributed by atoms with Crippen LogP contribution in [0, 0.1) is 5.92 Å². The van der Waals surface area contributed by atoms with E-state index in [9.17, 15) is 18.0 Å². The molecular weight excluding hydrogens is 456 g/mol. The second kappa shape index (κ2) is 9.24. The topological polar surface area (TPSA) is 123 Å². The van der Waals surface area contributed by atoms with Crippen LogP contribution in [0.2, 0.25) is 5.15 Å². The first kappa shape index (κ1) is 23.4. The van der Waals surface area contributed by atoms with Gasteiger partial charge in [-0.1, -0.05) is 18.0 Å². The Balaban J connectivity index is 1.37. The summed E-state index contributed by atoms with van der Waals surface area (Å²) in [6.45, 7) is 3.21. The fraction of sp³-hybridized carbons (Fsp3) is 0.667. The van der Waals surface area contributed by atoms with Crippen LogP contribution < -0.4 is 5.73 Å². The van der Waals surface area contributed by atoms with Crippen molar-refractivity contribution >= 4 is 33.5 Å². The van der Waals surface area contributed by atoms with E-state index in [-0.39, 0.29) is 34.7 Å². The highest BCUT2D eigenvalue weighted by Crippen LogP contribution is 2.38. The van der Waals surface area contributed by atoms with Crippen molar-refractivity contribution in [3.05, 3.63) is 23.5 Å². The summed E-state index contributed by atoms with van der Waals surface area (Å²) in [5, 5.41) is 0.140. The lowest BCUT2D eigenvalue weighted by Gasteiger charge is -2.44. The third kappa shape index (κ3) is 4.78. The molecule has 0 atom stereocenters. The number of pyridine rings is 1. The zero-order valence-electron chi connectivity index (χ0n) is 17.9. The Labute approximate surface area is 193 Å². The van der Waals surface area contributed by atoms with E-state index >= 15 is 0 Å². The number of carbonyl (C=O) groups excluding carboxylic acids is 2. The van der Waals surface area contributed by atoms with Gasteiger partial charge in [0.15, 0.2) is 5.60 Å². The van der Waals surface area contributed by atoms with Gasteiger partial charge < -0.3 is 10.6 Å². The molecule has 2 amide bonds. The van der Waals surface area contributed by atoms with E-state index in [1.165, 1.54) is 31.4 Å². The molecule has 9 nitrogen and oxygen atoms in total. The predicted octanol–water partition coefficient (Wildman–Crippen LogP) is 1.55. The van der Waals surface area contributed by atoms with Gasteiger partial charge in [-0.25, -0.2) is 9.17 Å². The van der Waals surface area contributed by atoms with Crippen LogP contribution in [0.4, 0.5) is 0 Å². The highest BCUT2D eigenvalue weighted by Gasteiger charge is 2.47. The summed E-state index contributed by atoms with van der Waals surface area (Å²) in [4.78, 5) is 33.2. The number of nitrogens with zero attached hydrogens (tertiary/aromatic N) is 3. The molecule has 11 heteroatoms. The Morgan fingerprint density at radius 3 is 2.25 bits per heavy atom. The van der Waals surface area contributed by atoms with Gasteiger partial charge in [0.05, 0.1) is 0 Å². The fourth-order valence-corrected chi connectivity index (χ4v) is 6.08. The van der Waals surface area contributed by atoms with E-state index in [0.717, 1.165) is 19.3 Å². The lowest BCUT2D eigenvalue weighted by atomic mass is 9.78. The smallest absolute Gasteiger partial charge is 0.299 e. The SMILES string of the molecule is NC(=O)C1(OS(=O)(=O)c2ccc(Cl)nc2)CCC(C(=O)N2CCN(C3CCC3)CC2)CC1. The van der Waals surface area contributed by atoms with Gasteiger partial charge in [-0.15, -0.1) is 0 Å². The molecule has 32 heavy (non-hydrogen) atoms. The van der Waals surface area contributed by atoms with Crippen LogP contribution in [0.5, 0.6) is 0 Å². The van der Waals surface area contributed by atoms with Crippen LogP contribution in [0.25, 0.3) is 0 Å². The van der Waals surface area contributed by atoms with Crippen molar-refractivity contribution in [3.8, 4) is 0 Å². The van der Waals surface area contributed by atoms with E-state index in [2.05, 4.69) is 9.88 Å². The number of hydrogen-bond donors (Lipinski definition) is 1. The lowest BCUT2D eigenvalue weighted by Crippen LogP contribution is -2.55. The molecule has 0 aromatic carbocycles. The number of primary amides is 1. The molecule has 2 N–H and O–H groups in total. The van der Waals surface area contributed by atoms with Crippen LogP contribution in [-0.2, 0) is 23.9 Å². The first-order valence-electron chi connectivity index (χ1n) is 11.1. The summed E-state index contributed by atoms with van der Waals surface area (Å²) >= 11 is 5.72. The molecule has 176 valence electrons. The average molecular weight is 485 g/mol. The molecule has 1 aliphatic heterocycles.